The lowest BCUT2D eigenvalue weighted by atomic mass is 9.93. The summed E-state index contributed by atoms with van der Waals surface area (Å²) in [6.07, 6.45) is 0. The molecule has 0 unspecified atom stereocenters. The molecule has 0 spiro atoms. The summed E-state index contributed by atoms with van der Waals surface area (Å²) in [5.41, 5.74) is 0.696. The van der Waals surface area contributed by atoms with E-state index in [1.54, 1.807) is 0 Å². The van der Waals surface area contributed by atoms with Gasteiger partial charge in [-0.2, -0.15) is 0 Å². The van der Waals surface area contributed by atoms with E-state index in [1.807, 2.05) is 0 Å². The van der Waals surface area contributed by atoms with Crippen molar-refractivity contribution in [3.63, 3.8) is 0 Å². The predicted octanol–water partition coefficient (Wildman–Crippen LogP) is 2.63. The second kappa shape index (κ2) is 3.68. The maximum absolute atomic E-state index is 13.2. The Kier molecular flexibility index (Phi) is 2.68. The van der Waals surface area contributed by atoms with E-state index in [0.717, 1.165) is 13.1 Å². The number of benzene rings is 1. The molecule has 0 aromatic heterocycles. The largest absolute Gasteiger partial charge is 0.506 e. The Morgan fingerprint density at radius 1 is 1.57 bits per heavy atom. The van der Waals surface area contributed by atoms with Crippen LogP contribution in [-0.2, 0) is 0 Å². The highest BCUT2D eigenvalue weighted by atomic mass is 79.9. The first kappa shape index (κ1) is 10.2. The van der Waals surface area contributed by atoms with Crippen LogP contribution in [0.1, 0.15) is 11.5 Å². The van der Waals surface area contributed by atoms with Gasteiger partial charge in [-0.3, -0.25) is 0 Å². The average Bonchev–Trinajstić information content (AvgIpc) is 2.08. The SMILES string of the molecule is Oc1c(C2CNC2)cc(Cl)c(F)c1Br. The molecule has 0 atom stereocenters. The highest BCUT2D eigenvalue weighted by Gasteiger charge is 2.25. The van der Waals surface area contributed by atoms with E-state index in [1.165, 1.54) is 6.07 Å². The second-order valence-corrected chi connectivity index (χ2v) is 4.48. The summed E-state index contributed by atoms with van der Waals surface area (Å²) in [5.74, 6) is -0.428. The lowest BCUT2D eigenvalue weighted by molar-refractivity contribution is 0.408. The number of aromatic hydroxyl groups is 1. The van der Waals surface area contributed by atoms with Gasteiger partial charge in [0, 0.05) is 24.6 Å². The molecular weight excluding hydrogens is 272 g/mol. The van der Waals surface area contributed by atoms with Crippen molar-refractivity contribution in [3.8, 4) is 5.75 Å². The Balaban J connectivity index is 2.49. The summed E-state index contributed by atoms with van der Waals surface area (Å²) in [6.45, 7) is 1.59. The molecule has 2 rings (SSSR count). The average molecular weight is 281 g/mol. The second-order valence-electron chi connectivity index (χ2n) is 3.28. The highest BCUT2D eigenvalue weighted by molar-refractivity contribution is 9.10. The Morgan fingerprint density at radius 2 is 2.21 bits per heavy atom. The van der Waals surface area contributed by atoms with Gasteiger partial charge in [0.05, 0.1) is 9.50 Å². The molecule has 2 nitrogen and oxygen atoms in total. The van der Waals surface area contributed by atoms with Crippen LogP contribution < -0.4 is 5.32 Å². The molecule has 1 aliphatic rings. The first-order valence-corrected chi connectivity index (χ1v) is 5.35. The fourth-order valence-corrected chi connectivity index (χ4v) is 2.19. The summed E-state index contributed by atoms with van der Waals surface area (Å²) in [5, 5.41) is 12.8. The maximum atomic E-state index is 13.2. The zero-order valence-corrected chi connectivity index (χ0v) is 9.49. The Hall–Kier alpha value is -0.320. The van der Waals surface area contributed by atoms with E-state index >= 15 is 0 Å². The van der Waals surface area contributed by atoms with Gasteiger partial charge in [-0.05, 0) is 22.0 Å². The van der Waals surface area contributed by atoms with Gasteiger partial charge in [-0.25, -0.2) is 4.39 Å². The molecular formula is C9H8BrClFNO. The first-order chi connectivity index (χ1) is 6.61. The summed E-state index contributed by atoms with van der Waals surface area (Å²) in [4.78, 5) is 0. The third-order valence-corrected chi connectivity index (χ3v) is 3.39. The molecule has 5 heteroatoms. The van der Waals surface area contributed by atoms with Crippen molar-refractivity contribution in [3.05, 3.63) is 26.9 Å². The third kappa shape index (κ3) is 1.51. The van der Waals surface area contributed by atoms with Crippen LogP contribution >= 0.6 is 27.5 Å². The van der Waals surface area contributed by atoms with E-state index < -0.39 is 5.82 Å². The van der Waals surface area contributed by atoms with E-state index in [-0.39, 0.29) is 21.2 Å². The normalized spacial score (nSPS) is 16.8. The summed E-state index contributed by atoms with van der Waals surface area (Å²) in [6, 6.07) is 1.49. The van der Waals surface area contributed by atoms with Crippen LogP contribution in [-0.4, -0.2) is 18.2 Å². The quantitative estimate of drug-likeness (QED) is 0.775. The smallest absolute Gasteiger partial charge is 0.159 e. The lowest BCUT2D eigenvalue weighted by Crippen LogP contribution is -2.39. The lowest BCUT2D eigenvalue weighted by Gasteiger charge is -2.28. The molecule has 1 heterocycles. The number of hydrogen-bond acceptors (Lipinski definition) is 2. The number of hydrogen-bond donors (Lipinski definition) is 2. The van der Waals surface area contributed by atoms with Crippen molar-refractivity contribution in [2.45, 2.75) is 5.92 Å². The van der Waals surface area contributed by atoms with Gasteiger partial charge in [-0.15, -0.1) is 0 Å². The molecule has 0 saturated carbocycles. The topological polar surface area (TPSA) is 32.3 Å². The van der Waals surface area contributed by atoms with Crippen LogP contribution in [0.5, 0.6) is 5.75 Å². The zero-order valence-electron chi connectivity index (χ0n) is 7.15. The molecule has 0 radical (unpaired) electrons. The summed E-state index contributed by atoms with van der Waals surface area (Å²) >= 11 is 8.65. The van der Waals surface area contributed by atoms with Crippen molar-refractivity contribution in [2.75, 3.05) is 13.1 Å². The van der Waals surface area contributed by atoms with Crippen molar-refractivity contribution in [2.24, 2.45) is 0 Å². The molecule has 0 aliphatic carbocycles. The molecule has 1 aliphatic heterocycles. The Morgan fingerprint density at radius 3 is 2.71 bits per heavy atom. The van der Waals surface area contributed by atoms with Gasteiger partial charge in [0.25, 0.3) is 0 Å². The number of phenolic OH excluding ortho intramolecular Hbond substituents is 1. The van der Waals surface area contributed by atoms with Crippen molar-refractivity contribution in [1.29, 1.82) is 0 Å². The minimum absolute atomic E-state index is 0.0385. The van der Waals surface area contributed by atoms with Gasteiger partial charge in [-0.1, -0.05) is 11.6 Å². The molecule has 1 aromatic carbocycles. The van der Waals surface area contributed by atoms with Gasteiger partial charge in [0.15, 0.2) is 5.82 Å². The van der Waals surface area contributed by atoms with Crippen molar-refractivity contribution < 1.29 is 9.50 Å². The van der Waals surface area contributed by atoms with Crippen molar-refractivity contribution >= 4 is 27.5 Å². The van der Waals surface area contributed by atoms with Crippen LogP contribution in [0.3, 0.4) is 0 Å². The van der Waals surface area contributed by atoms with Gasteiger partial charge < -0.3 is 10.4 Å². The molecule has 0 bridgehead atoms. The number of nitrogens with one attached hydrogen (secondary N) is 1. The highest BCUT2D eigenvalue weighted by Crippen LogP contribution is 2.39. The number of halogens is 3. The van der Waals surface area contributed by atoms with Crippen LogP contribution in [0.2, 0.25) is 5.02 Å². The van der Waals surface area contributed by atoms with Crippen LogP contribution in [0.25, 0.3) is 0 Å². The monoisotopic (exact) mass is 279 g/mol. The fraction of sp³-hybridized carbons (Fsp3) is 0.333. The van der Waals surface area contributed by atoms with Crippen LogP contribution in [0, 0.1) is 5.82 Å². The molecule has 1 aromatic rings. The van der Waals surface area contributed by atoms with Crippen LogP contribution in [0.4, 0.5) is 4.39 Å². The molecule has 76 valence electrons. The van der Waals surface area contributed by atoms with E-state index in [2.05, 4.69) is 21.2 Å². The van der Waals surface area contributed by atoms with Gasteiger partial charge in [0.2, 0.25) is 0 Å². The van der Waals surface area contributed by atoms with E-state index in [0.29, 0.717) is 5.56 Å². The Bertz CT molecular complexity index is 382. The fourth-order valence-electron chi connectivity index (χ4n) is 1.42. The van der Waals surface area contributed by atoms with E-state index in [9.17, 15) is 9.50 Å². The van der Waals surface area contributed by atoms with Crippen molar-refractivity contribution in [1.82, 2.24) is 5.32 Å². The minimum atomic E-state index is -0.611. The molecule has 14 heavy (non-hydrogen) atoms. The zero-order chi connectivity index (χ0) is 10.3. The first-order valence-electron chi connectivity index (χ1n) is 4.18. The molecule has 1 saturated heterocycles. The molecule has 1 fully saturated rings. The van der Waals surface area contributed by atoms with E-state index in [4.69, 9.17) is 11.6 Å². The number of rotatable bonds is 1. The van der Waals surface area contributed by atoms with Gasteiger partial charge in [0.1, 0.15) is 5.75 Å². The van der Waals surface area contributed by atoms with Crippen LogP contribution in [0.15, 0.2) is 10.5 Å². The summed E-state index contributed by atoms with van der Waals surface area (Å²) < 4.78 is 13.3. The standard InChI is InChI=1S/C9H8BrClFNO/c10-7-8(12)6(11)1-5(9(7)14)4-2-13-3-4/h1,4,13-14H,2-3H2. The molecule has 0 amide bonds. The third-order valence-electron chi connectivity index (χ3n) is 2.39. The minimum Gasteiger partial charge on any atom is -0.506 e. The summed E-state index contributed by atoms with van der Waals surface area (Å²) in [7, 11) is 0. The molecule has 2 N–H and O–H groups in total. The number of phenols is 1. The Labute approximate surface area is 94.2 Å². The maximum Gasteiger partial charge on any atom is 0.159 e. The predicted molar refractivity (Wildman–Crippen MR) is 56.4 cm³/mol. The van der Waals surface area contributed by atoms with Gasteiger partial charge >= 0.3 is 0 Å².